The van der Waals surface area contributed by atoms with E-state index >= 15 is 0 Å². The zero-order valence-corrected chi connectivity index (χ0v) is 35.3. The smallest absolute Gasteiger partial charge is 0.462 e. The van der Waals surface area contributed by atoms with Crippen LogP contribution in [0, 0.1) is 0 Å². The van der Waals surface area contributed by atoms with Crippen molar-refractivity contribution in [3.63, 3.8) is 0 Å². The summed E-state index contributed by atoms with van der Waals surface area (Å²) in [6, 6.07) is 0. The molecule has 0 rings (SSSR count). The van der Waals surface area contributed by atoms with Crippen molar-refractivity contribution in [2.75, 3.05) is 26.4 Å². The molecule has 0 aromatic heterocycles. The van der Waals surface area contributed by atoms with E-state index in [1.807, 2.05) is 0 Å². The Morgan fingerprint density at radius 1 is 0.545 bits per heavy atom. The van der Waals surface area contributed by atoms with Gasteiger partial charge in [-0.3, -0.25) is 18.6 Å². The van der Waals surface area contributed by atoms with E-state index in [1.165, 1.54) is 32.1 Å². The Bertz CT molecular complexity index is 1170. The molecule has 1 unspecified atom stereocenters. The quantitative estimate of drug-likeness (QED) is 0.0271. The molecule has 0 aliphatic rings. The van der Waals surface area contributed by atoms with Crippen molar-refractivity contribution in [2.24, 2.45) is 5.73 Å². The molecule has 0 aromatic carbocycles. The molecule has 0 radical (unpaired) electrons. The van der Waals surface area contributed by atoms with Crippen LogP contribution in [0.4, 0.5) is 0 Å². The third kappa shape index (κ3) is 40.7. The van der Waals surface area contributed by atoms with Crippen LogP contribution in [-0.2, 0) is 32.7 Å². The maximum Gasteiger partial charge on any atom is 0.472 e. The van der Waals surface area contributed by atoms with Crippen LogP contribution in [0.15, 0.2) is 85.1 Å². The van der Waals surface area contributed by atoms with E-state index in [0.717, 1.165) is 83.5 Å². The summed E-state index contributed by atoms with van der Waals surface area (Å²) in [5.41, 5.74) is 5.34. The van der Waals surface area contributed by atoms with Crippen LogP contribution >= 0.6 is 7.82 Å². The molecule has 9 nitrogen and oxygen atoms in total. The number of ether oxygens (including phenoxy) is 2. The summed E-state index contributed by atoms with van der Waals surface area (Å²) in [6.07, 6.45) is 50.4. The fourth-order valence-electron chi connectivity index (χ4n) is 5.10. The molecule has 0 saturated heterocycles. The first-order valence-corrected chi connectivity index (χ1v) is 22.6. The van der Waals surface area contributed by atoms with E-state index in [9.17, 15) is 19.0 Å². The number of phosphoric acid groups is 1. The number of unbranched alkanes of at least 4 members (excludes halogenated alkanes) is 11. The summed E-state index contributed by atoms with van der Waals surface area (Å²) in [4.78, 5) is 34.8. The number of nitrogens with two attached hydrogens (primary N) is 1. The summed E-state index contributed by atoms with van der Waals surface area (Å²) < 4.78 is 32.7. The van der Waals surface area contributed by atoms with Gasteiger partial charge in [0.25, 0.3) is 0 Å². The summed E-state index contributed by atoms with van der Waals surface area (Å²) >= 11 is 0. The number of carbonyl (C=O) groups is 2. The lowest BCUT2D eigenvalue weighted by Gasteiger charge is -2.19. The van der Waals surface area contributed by atoms with Crippen LogP contribution in [0.2, 0.25) is 0 Å². The molecule has 0 fully saturated rings. The summed E-state index contributed by atoms with van der Waals surface area (Å²) in [7, 11) is -4.40. The SMILES string of the molecule is CCC/C=C/C/C=C/C/C=C/C/C=C/CCCCCC(=O)O[C@H](COC(=O)CCCCCC/C=C/C/C=C/C/C=C/CCCCC)COP(=O)(O)OCCN. The number of carbonyl (C=O) groups excluding carboxylic acids is 2. The zero-order valence-electron chi connectivity index (χ0n) is 34.4. The molecule has 0 aromatic rings. The van der Waals surface area contributed by atoms with Gasteiger partial charge in [-0.15, -0.1) is 0 Å². The molecule has 0 spiro atoms. The van der Waals surface area contributed by atoms with Gasteiger partial charge in [0.1, 0.15) is 6.61 Å². The monoisotopic (exact) mass is 790 g/mol. The molecule has 314 valence electrons. The van der Waals surface area contributed by atoms with Gasteiger partial charge in [0, 0.05) is 19.4 Å². The average molecular weight is 790 g/mol. The van der Waals surface area contributed by atoms with Crippen LogP contribution in [-0.4, -0.2) is 49.3 Å². The van der Waals surface area contributed by atoms with Gasteiger partial charge in [0.2, 0.25) is 0 Å². The van der Waals surface area contributed by atoms with Gasteiger partial charge >= 0.3 is 19.8 Å². The van der Waals surface area contributed by atoms with Crippen molar-refractivity contribution >= 4 is 19.8 Å². The van der Waals surface area contributed by atoms with E-state index in [0.29, 0.717) is 12.8 Å². The molecule has 2 atom stereocenters. The van der Waals surface area contributed by atoms with E-state index in [1.54, 1.807) is 0 Å². The minimum Gasteiger partial charge on any atom is -0.462 e. The van der Waals surface area contributed by atoms with Crippen molar-refractivity contribution < 1.29 is 37.6 Å². The first-order chi connectivity index (χ1) is 26.8. The van der Waals surface area contributed by atoms with E-state index in [2.05, 4.69) is 98.9 Å². The Labute approximate surface area is 334 Å². The van der Waals surface area contributed by atoms with Gasteiger partial charge < -0.3 is 20.1 Å². The number of esters is 2. The number of hydrogen-bond donors (Lipinski definition) is 2. The second kappa shape index (κ2) is 40.8. The number of rotatable bonds is 38. The predicted molar refractivity (Wildman–Crippen MR) is 229 cm³/mol. The molecule has 0 aliphatic carbocycles. The van der Waals surface area contributed by atoms with E-state index in [4.69, 9.17) is 24.3 Å². The van der Waals surface area contributed by atoms with E-state index in [-0.39, 0.29) is 32.6 Å². The normalized spacial score (nSPS) is 14.2. The summed E-state index contributed by atoms with van der Waals surface area (Å²) in [6.45, 7) is 3.55. The Morgan fingerprint density at radius 2 is 0.982 bits per heavy atom. The van der Waals surface area contributed by atoms with Gasteiger partial charge in [0.15, 0.2) is 6.10 Å². The van der Waals surface area contributed by atoms with Crippen molar-refractivity contribution in [1.29, 1.82) is 0 Å². The van der Waals surface area contributed by atoms with Gasteiger partial charge in [0.05, 0.1) is 13.2 Å². The molecular formula is C45H76NO8P. The minimum atomic E-state index is -4.40. The van der Waals surface area contributed by atoms with Crippen LogP contribution in [0.5, 0.6) is 0 Å². The highest BCUT2D eigenvalue weighted by Gasteiger charge is 2.25. The molecular weight excluding hydrogens is 713 g/mol. The molecule has 3 N–H and O–H groups in total. The Morgan fingerprint density at radius 3 is 1.47 bits per heavy atom. The molecule has 0 heterocycles. The average Bonchev–Trinajstić information content (AvgIpc) is 3.17. The lowest BCUT2D eigenvalue weighted by molar-refractivity contribution is -0.161. The van der Waals surface area contributed by atoms with Gasteiger partial charge in [-0.1, -0.05) is 137 Å². The van der Waals surface area contributed by atoms with Crippen LogP contribution in [0.25, 0.3) is 0 Å². The maximum atomic E-state index is 12.6. The number of hydrogen-bond acceptors (Lipinski definition) is 8. The number of allylic oxidation sites excluding steroid dienone is 14. The number of phosphoric ester groups is 1. The summed E-state index contributed by atoms with van der Waals surface area (Å²) in [5, 5.41) is 0. The molecule has 0 amide bonds. The van der Waals surface area contributed by atoms with Crippen LogP contribution in [0.3, 0.4) is 0 Å². The first kappa shape index (κ1) is 52.2. The van der Waals surface area contributed by atoms with Crippen molar-refractivity contribution in [3.8, 4) is 0 Å². The lowest BCUT2D eigenvalue weighted by Crippen LogP contribution is -2.29. The Balaban J connectivity index is 4.30. The highest BCUT2D eigenvalue weighted by Crippen LogP contribution is 2.43. The predicted octanol–water partition coefficient (Wildman–Crippen LogP) is 12.0. The largest absolute Gasteiger partial charge is 0.472 e. The third-order valence-corrected chi connectivity index (χ3v) is 9.22. The molecule has 0 aliphatic heterocycles. The highest BCUT2D eigenvalue weighted by atomic mass is 31.2. The van der Waals surface area contributed by atoms with Crippen molar-refractivity contribution in [2.45, 2.75) is 161 Å². The second-order valence-electron chi connectivity index (χ2n) is 13.5. The maximum absolute atomic E-state index is 12.6. The Hall–Kier alpha value is -2.81. The zero-order chi connectivity index (χ0) is 40.3. The second-order valence-corrected chi connectivity index (χ2v) is 14.9. The fraction of sp³-hybridized carbons (Fsp3) is 0.644. The van der Waals surface area contributed by atoms with E-state index < -0.39 is 32.5 Å². The van der Waals surface area contributed by atoms with Crippen LogP contribution < -0.4 is 5.73 Å². The topological polar surface area (TPSA) is 134 Å². The standard InChI is InChI=1S/C45H76NO8P/c1-3-5-7-9-11-13-15-17-19-21-23-25-27-29-31-33-35-37-44(47)51-41-43(42-53-55(49,50)52-40-39-46)54-45(48)38-36-34-32-30-28-26-24-22-20-18-16-14-12-10-8-6-4-2/h8,10-11,13-14,16-17,19-20,22-23,25-26,28,43H,3-7,9,12,15,18,21,24,27,29-42,46H2,1-2H3,(H,49,50)/b10-8+,13-11+,16-14+,19-17+,22-20+,25-23+,28-26+/t43-/m1/s1. The molecule has 55 heavy (non-hydrogen) atoms. The lowest BCUT2D eigenvalue weighted by atomic mass is 10.1. The highest BCUT2D eigenvalue weighted by molar-refractivity contribution is 7.47. The van der Waals surface area contributed by atoms with Crippen molar-refractivity contribution in [3.05, 3.63) is 85.1 Å². The Kier molecular flexibility index (Phi) is 38.8. The minimum absolute atomic E-state index is 0.0398. The van der Waals surface area contributed by atoms with Gasteiger partial charge in [-0.2, -0.15) is 0 Å². The first-order valence-electron chi connectivity index (χ1n) is 21.1. The van der Waals surface area contributed by atoms with Crippen molar-refractivity contribution in [1.82, 2.24) is 0 Å². The van der Waals surface area contributed by atoms with Gasteiger partial charge in [-0.05, 0) is 89.9 Å². The summed E-state index contributed by atoms with van der Waals surface area (Å²) in [5.74, 6) is -0.899. The third-order valence-electron chi connectivity index (χ3n) is 8.23. The van der Waals surface area contributed by atoms with Crippen LogP contribution in [0.1, 0.15) is 155 Å². The fourth-order valence-corrected chi connectivity index (χ4v) is 5.87. The molecule has 10 heteroatoms. The molecule has 0 saturated carbocycles. The molecule has 0 bridgehead atoms. The van der Waals surface area contributed by atoms with Gasteiger partial charge in [-0.25, -0.2) is 4.57 Å².